The summed E-state index contributed by atoms with van der Waals surface area (Å²) in [6.45, 7) is 2.41. The van der Waals surface area contributed by atoms with Gasteiger partial charge in [0, 0.05) is 16.3 Å². The molecule has 6 rings (SSSR count). The number of halogens is 1. The van der Waals surface area contributed by atoms with Gasteiger partial charge >= 0.3 is 5.91 Å². The second-order valence-corrected chi connectivity index (χ2v) is 12.8. The molecule has 44 heavy (non-hydrogen) atoms. The van der Waals surface area contributed by atoms with Crippen molar-refractivity contribution in [3.8, 4) is 5.75 Å². The number of hydrogen-bond donors (Lipinski definition) is 1. The Kier molecular flexibility index (Phi) is 8.79. The van der Waals surface area contributed by atoms with Gasteiger partial charge < -0.3 is 9.84 Å². The molecule has 1 saturated heterocycles. The number of aliphatic hydroxyl groups is 1. The Hall–Kier alpha value is -4.44. The molecule has 220 valence electrons. The molecule has 2 heterocycles. The largest absolute Gasteiger partial charge is 0.507 e. The summed E-state index contributed by atoms with van der Waals surface area (Å²) >= 11 is 9.03. The first-order chi connectivity index (χ1) is 21.4. The fraction of sp³-hybridized carbons (Fsp3) is 0.118. The van der Waals surface area contributed by atoms with Crippen molar-refractivity contribution < 1.29 is 19.4 Å². The van der Waals surface area contributed by atoms with E-state index in [1.165, 1.54) is 28.0 Å². The van der Waals surface area contributed by atoms with E-state index in [1.54, 1.807) is 48.5 Å². The molecule has 4 aromatic carbocycles. The van der Waals surface area contributed by atoms with Crippen molar-refractivity contribution >= 4 is 57.3 Å². The summed E-state index contributed by atoms with van der Waals surface area (Å²) in [5.41, 5.74) is 4.18. The first-order valence-electron chi connectivity index (χ1n) is 13.7. The molecule has 5 aromatic rings. The van der Waals surface area contributed by atoms with Crippen LogP contribution in [0.5, 0.6) is 5.75 Å². The van der Waals surface area contributed by atoms with Crippen LogP contribution in [0.1, 0.15) is 33.9 Å². The van der Waals surface area contributed by atoms with E-state index in [9.17, 15) is 14.7 Å². The molecule has 1 aromatic heterocycles. The van der Waals surface area contributed by atoms with Gasteiger partial charge in [-0.1, -0.05) is 107 Å². The third-order valence-corrected chi connectivity index (χ3v) is 9.39. The molecule has 1 amide bonds. The highest BCUT2D eigenvalue weighted by molar-refractivity contribution is 8.00. The van der Waals surface area contributed by atoms with E-state index in [-0.39, 0.29) is 16.5 Å². The lowest BCUT2D eigenvalue weighted by atomic mass is 9.95. The van der Waals surface area contributed by atoms with E-state index >= 15 is 0 Å². The van der Waals surface area contributed by atoms with Gasteiger partial charge in [0.15, 0.2) is 4.34 Å². The number of carbonyl (C=O) groups is 2. The number of hydrogen-bond acceptors (Lipinski definition) is 8. The second-order valence-electron chi connectivity index (χ2n) is 10.2. The number of aliphatic hydroxyl groups excluding tert-OH is 1. The average Bonchev–Trinajstić information content (AvgIpc) is 3.61. The zero-order valence-corrected chi connectivity index (χ0v) is 25.9. The summed E-state index contributed by atoms with van der Waals surface area (Å²) < 4.78 is 6.57. The Balaban J connectivity index is 1.30. The van der Waals surface area contributed by atoms with Crippen LogP contribution >= 0.6 is 34.7 Å². The van der Waals surface area contributed by atoms with Gasteiger partial charge in [-0.3, -0.25) is 14.5 Å². The van der Waals surface area contributed by atoms with Crippen molar-refractivity contribution in [3.05, 3.63) is 142 Å². The molecular formula is C34H26ClN3O4S2. The highest BCUT2D eigenvalue weighted by atomic mass is 35.5. The van der Waals surface area contributed by atoms with Crippen LogP contribution in [0.2, 0.25) is 5.02 Å². The number of anilines is 1. The smallest absolute Gasteiger partial charge is 0.301 e. The third-order valence-electron chi connectivity index (χ3n) is 7.03. The molecule has 1 atom stereocenters. The van der Waals surface area contributed by atoms with Crippen LogP contribution in [-0.2, 0) is 21.9 Å². The zero-order valence-electron chi connectivity index (χ0n) is 23.5. The minimum absolute atomic E-state index is 0.0561. The quantitative estimate of drug-likeness (QED) is 0.0574. The van der Waals surface area contributed by atoms with Crippen molar-refractivity contribution in [1.29, 1.82) is 0 Å². The standard InChI is InChI=1S/C34H26ClN3O4S2/c1-21-7-5-10-23(17-21)19-42-27-15-13-24(14-16-27)30(39)28-29(25-11-6-12-26(35)18-25)38(32(41)31(28)40)33-36-37-34(44-33)43-20-22-8-3-2-4-9-22/h2-18,29,39H,19-20H2,1H3/b30-28+. The lowest BCUT2D eigenvalue weighted by molar-refractivity contribution is -0.132. The molecule has 0 spiro atoms. The van der Waals surface area contributed by atoms with Crippen LogP contribution in [0, 0.1) is 6.92 Å². The lowest BCUT2D eigenvalue weighted by Gasteiger charge is -2.22. The summed E-state index contributed by atoms with van der Waals surface area (Å²) in [5, 5.41) is 20.7. The van der Waals surface area contributed by atoms with Crippen molar-refractivity contribution in [2.24, 2.45) is 0 Å². The average molecular weight is 640 g/mol. The topological polar surface area (TPSA) is 92.6 Å². The monoisotopic (exact) mass is 639 g/mol. The van der Waals surface area contributed by atoms with Crippen molar-refractivity contribution in [2.45, 2.75) is 29.7 Å². The summed E-state index contributed by atoms with van der Waals surface area (Å²) in [6, 6.07) is 30.7. The maximum Gasteiger partial charge on any atom is 0.301 e. The van der Waals surface area contributed by atoms with Gasteiger partial charge in [-0.25, -0.2) is 0 Å². The van der Waals surface area contributed by atoms with E-state index in [0.717, 1.165) is 16.7 Å². The zero-order chi connectivity index (χ0) is 30.6. The second kappa shape index (κ2) is 13.1. The molecule has 1 fully saturated rings. The van der Waals surface area contributed by atoms with Gasteiger partial charge in [0.05, 0.1) is 11.6 Å². The highest BCUT2D eigenvalue weighted by Gasteiger charge is 2.48. The number of benzene rings is 4. The first-order valence-corrected chi connectivity index (χ1v) is 15.9. The van der Waals surface area contributed by atoms with Crippen LogP contribution < -0.4 is 9.64 Å². The fourth-order valence-corrected chi connectivity index (χ4v) is 6.95. The minimum Gasteiger partial charge on any atom is -0.507 e. The molecule has 0 bridgehead atoms. The molecule has 1 aliphatic rings. The number of Topliss-reactive ketones (excluding diaryl/α,β-unsaturated/α-hetero) is 1. The maximum absolute atomic E-state index is 13.5. The Morgan fingerprint density at radius 1 is 0.932 bits per heavy atom. The van der Waals surface area contributed by atoms with Gasteiger partial charge in [0.2, 0.25) is 5.13 Å². The molecular weight excluding hydrogens is 614 g/mol. The van der Waals surface area contributed by atoms with E-state index < -0.39 is 17.7 Å². The highest BCUT2D eigenvalue weighted by Crippen LogP contribution is 2.44. The molecule has 1 unspecified atom stereocenters. The van der Waals surface area contributed by atoms with Crippen LogP contribution in [0.3, 0.4) is 0 Å². The molecule has 1 aliphatic heterocycles. The Morgan fingerprint density at radius 3 is 2.43 bits per heavy atom. The minimum atomic E-state index is -0.953. The number of rotatable bonds is 9. The number of ketones is 1. The number of aryl methyl sites for hydroxylation is 1. The van der Waals surface area contributed by atoms with Gasteiger partial charge in [-0.05, 0) is 60.0 Å². The van der Waals surface area contributed by atoms with E-state index in [4.69, 9.17) is 16.3 Å². The summed E-state index contributed by atoms with van der Waals surface area (Å²) in [7, 11) is 0. The summed E-state index contributed by atoms with van der Waals surface area (Å²) in [5.74, 6) is -0.642. The Morgan fingerprint density at radius 2 is 1.68 bits per heavy atom. The molecule has 10 heteroatoms. The fourth-order valence-electron chi connectivity index (χ4n) is 4.93. The van der Waals surface area contributed by atoms with Gasteiger partial charge in [0.1, 0.15) is 18.1 Å². The Labute approximate surface area is 267 Å². The number of carbonyl (C=O) groups excluding carboxylic acids is 2. The molecule has 0 aliphatic carbocycles. The van der Waals surface area contributed by atoms with E-state index in [2.05, 4.69) is 16.3 Å². The third kappa shape index (κ3) is 6.40. The van der Waals surface area contributed by atoms with Crippen molar-refractivity contribution in [2.75, 3.05) is 4.90 Å². The predicted octanol–water partition coefficient (Wildman–Crippen LogP) is 8.00. The summed E-state index contributed by atoms with van der Waals surface area (Å²) in [6.07, 6.45) is 0. The molecule has 0 saturated carbocycles. The van der Waals surface area contributed by atoms with E-state index in [1.807, 2.05) is 55.5 Å². The molecule has 1 N–H and O–H groups in total. The lowest BCUT2D eigenvalue weighted by Crippen LogP contribution is -2.29. The first kappa shape index (κ1) is 29.6. The maximum atomic E-state index is 13.5. The van der Waals surface area contributed by atoms with Crippen molar-refractivity contribution in [3.63, 3.8) is 0 Å². The number of aromatic nitrogens is 2. The van der Waals surface area contributed by atoms with Gasteiger partial charge in [-0.2, -0.15) is 0 Å². The summed E-state index contributed by atoms with van der Waals surface area (Å²) in [4.78, 5) is 28.3. The predicted molar refractivity (Wildman–Crippen MR) is 174 cm³/mol. The number of amides is 1. The number of thioether (sulfide) groups is 1. The SMILES string of the molecule is Cc1cccc(COc2ccc(/C(O)=C3\C(=O)C(=O)N(c4nnc(SCc5ccccc5)s4)C3c3cccc(Cl)c3)cc2)c1. The van der Waals surface area contributed by atoms with Gasteiger partial charge in [0.25, 0.3) is 5.78 Å². The van der Waals surface area contributed by atoms with Crippen LogP contribution in [0.15, 0.2) is 113 Å². The Bertz CT molecular complexity index is 1860. The van der Waals surface area contributed by atoms with Gasteiger partial charge in [-0.15, -0.1) is 10.2 Å². The number of ether oxygens (including phenoxy) is 1. The number of nitrogens with zero attached hydrogens (tertiary/aromatic N) is 3. The van der Waals surface area contributed by atoms with Crippen LogP contribution in [-0.4, -0.2) is 27.0 Å². The van der Waals surface area contributed by atoms with Crippen LogP contribution in [0.25, 0.3) is 5.76 Å². The van der Waals surface area contributed by atoms with E-state index in [0.29, 0.717) is 38.6 Å². The van der Waals surface area contributed by atoms with Crippen molar-refractivity contribution in [1.82, 2.24) is 10.2 Å². The normalized spacial score (nSPS) is 16.0. The van der Waals surface area contributed by atoms with Crippen LogP contribution in [0.4, 0.5) is 5.13 Å². The molecule has 7 nitrogen and oxygen atoms in total. The molecule has 0 radical (unpaired) electrons.